The van der Waals surface area contributed by atoms with Crippen LogP contribution in [0.25, 0.3) is 0 Å². The third-order valence-electron chi connectivity index (χ3n) is 1.86. The number of alkyl halides is 1. The average Bonchev–Trinajstić information content (AvgIpc) is 1.92. The molecule has 0 aromatic heterocycles. The summed E-state index contributed by atoms with van der Waals surface area (Å²) in [6.45, 7) is 5.10. The lowest BCUT2D eigenvalue weighted by Crippen LogP contribution is -2.08. The quantitative estimate of drug-likeness (QED) is 0.686. The van der Waals surface area contributed by atoms with Gasteiger partial charge in [0.15, 0.2) is 0 Å². The van der Waals surface area contributed by atoms with E-state index in [4.69, 9.17) is 0 Å². The third-order valence-corrected chi connectivity index (χ3v) is 2.71. The first-order chi connectivity index (χ1) is 5.41. The minimum atomic E-state index is -1.25. The lowest BCUT2D eigenvalue weighted by Gasteiger charge is -2.15. The molecular weight excluding hydrogens is 219 g/mol. The Hall–Kier alpha value is -0.370. The summed E-state index contributed by atoms with van der Waals surface area (Å²) in [5.74, 6) is 0. The molecule has 0 spiro atoms. The van der Waals surface area contributed by atoms with Gasteiger partial charge in [0.25, 0.3) is 0 Å². The molecular formula is C10H12BrF. The highest BCUT2D eigenvalue weighted by molar-refractivity contribution is 9.10. The fraction of sp³-hybridized carbons (Fsp3) is 0.400. The molecule has 0 saturated carbocycles. The number of hydrogen-bond donors (Lipinski definition) is 0. The smallest absolute Gasteiger partial charge is 0.130 e. The molecule has 1 aromatic carbocycles. The lowest BCUT2D eigenvalue weighted by molar-refractivity contribution is 0.221. The molecule has 0 radical (unpaired) electrons. The van der Waals surface area contributed by atoms with Crippen LogP contribution in [0.3, 0.4) is 0 Å². The van der Waals surface area contributed by atoms with Gasteiger partial charge in [-0.25, -0.2) is 4.39 Å². The van der Waals surface area contributed by atoms with Crippen LogP contribution in [0.2, 0.25) is 0 Å². The fourth-order valence-corrected chi connectivity index (χ4v) is 1.34. The van der Waals surface area contributed by atoms with E-state index in [1.165, 1.54) is 0 Å². The molecule has 0 atom stereocenters. The predicted octanol–water partition coefficient (Wildman–Crippen LogP) is 3.96. The van der Waals surface area contributed by atoms with Crippen molar-refractivity contribution in [1.82, 2.24) is 0 Å². The topological polar surface area (TPSA) is 0 Å². The molecule has 0 heterocycles. The average molecular weight is 231 g/mol. The minimum absolute atomic E-state index is 0.708. The van der Waals surface area contributed by atoms with Crippen LogP contribution in [0.5, 0.6) is 0 Å². The number of aryl methyl sites for hydroxylation is 1. The molecule has 1 rings (SSSR count). The van der Waals surface area contributed by atoms with Crippen LogP contribution < -0.4 is 0 Å². The van der Waals surface area contributed by atoms with E-state index in [1.54, 1.807) is 13.8 Å². The standard InChI is InChI=1S/C10H12BrF/c1-7-4-5-8(6-9(7)11)10(2,3)12/h4-6H,1-3H3. The number of benzene rings is 1. The maximum Gasteiger partial charge on any atom is 0.130 e. The van der Waals surface area contributed by atoms with Crippen molar-refractivity contribution in [3.05, 3.63) is 33.8 Å². The lowest BCUT2D eigenvalue weighted by atomic mass is 9.99. The Labute approximate surface area is 80.9 Å². The Morgan fingerprint density at radius 1 is 1.33 bits per heavy atom. The molecule has 66 valence electrons. The van der Waals surface area contributed by atoms with Gasteiger partial charge in [0.2, 0.25) is 0 Å². The number of hydrogen-bond acceptors (Lipinski definition) is 0. The first kappa shape index (κ1) is 9.72. The summed E-state index contributed by atoms with van der Waals surface area (Å²) in [5.41, 5.74) is 0.582. The summed E-state index contributed by atoms with van der Waals surface area (Å²) < 4.78 is 14.4. The maximum absolute atomic E-state index is 13.4. The number of rotatable bonds is 1. The van der Waals surface area contributed by atoms with Crippen molar-refractivity contribution in [3.63, 3.8) is 0 Å². The zero-order valence-electron chi connectivity index (χ0n) is 7.49. The van der Waals surface area contributed by atoms with Gasteiger partial charge >= 0.3 is 0 Å². The van der Waals surface area contributed by atoms with Gasteiger partial charge in [0.1, 0.15) is 5.67 Å². The second kappa shape index (κ2) is 3.17. The van der Waals surface area contributed by atoms with Crippen LogP contribution in [0.1, 0.15) is 25.0 Å². The minimum Gasteiger partial charge on any atom is -0.239 e. The molecule has 12 heavy (non-hydrogen) atoms. The van der Waals surface area contributed by atoms with Crippen LogP contribution in [0.4, 0.5) is 4.39 Å². The van der Waals surface area contributed by atoms with Gasteiger partial charge < -0.3 is 0 Å². The molecule has 0 N–H and O–H groups in total. The molecule has 0 aliphatic heterocycles. The summed E-state index contributed by atoms with van der Waals surface area (Å²) in [4.78, 5) is 0. The van der Waals surface area contributed by atoms with E-state index in [2.05, 4.69) is 15.9 Å². The van der Waals surface area contributed by atoms with Gasteiger partial charge in [0, 0.05) is 4.47 Å². The molecule has 0 fully saturated rings. The van der Waals surface area contributed by atoms with Gasteiger partial charge in [-0.15, -0.1) is 0 Å². The van der Waals surface area contributed by atoms with Gasteiger partial charge in [0.05, 0.1) is 0 Å². The third kappa shape index (κ3) is 2.07. The van der Waals surface area contributed by atoms with E-state index in [0.717, 1.165) is 10.0 Å². The Bertz CT molecular complexity index is 286. The molecule has 0 unspecified atom stereocenters. The Balaban J connectivity index is 3.14. The van der Waals surface area contributed by atoms with E-state index in [9.17, 15) is 4.39 Å². The fourth-order valence-electron chi connectivity index (χ4n) is 0.963. The Kier molecular flexibility index (Phi) is 2.57. The maximum atomic E-state index is 13.4. The monoisotopic (exact) mass is 230 g/mol. The van der Waals surface area contributed by atoms with Crippen molar-refractivity contribution >= 4 is 15.9 Å². The normalized spacial score (nSPS) is 11.8. The van der Waals surface area contributed by atoms with Crippen LogP contribution >= 0.6 is 15.9 Å². The van der Waals surface area contributed by atoms with Crippen molar-refractivity contribution < 1.29 is 4.39 Å². The predicted molar refractivity (Wildman–Crippen MR) is 53.0 cm³/mol. The summed E-state index contributed by atoms with van der Waals surface area (Å²) in [6, 6.07) is 5.57. The molecule has 2 heteroatoms. The first-order valence-corrected chi connectivity index (χ1v) is 4.66. The highest BCUT2D eigenvalue weighted by Crippen LogP contribution is 2.28. The van der Waals surface area contributed by atoms with E-state index in [1.807, 2.05) is 25.1 Å². The van der Waals surface area contributed by atoms with E-state index in [-0.39, 0.29) is 0 Å². The van der Waals surface area contributed by atoms with Gasteiger partial charge in [-0.2, -0.15) is 0 Å². The van der Waals surface area contributed by atoms with Crippen LogP contribution in [0, 0.1) is 6.92 Å². The highest BCUT2D eigenvalue weighted by atomic mass is 79.9. The molecule has 0 nitrogen and oxygen atoms in total. The number of halogens is 2. The van der Waals surface area contributed by atoms with Crippen LogP contribution in [0.15, 0.2) is 22.7 Å². The molecule has 0 aliphatic rings. The van der Waals surface area contributed by atoms with Crippen LogP contribution in [-0.2, 0) is 5.67 Å². The molecule has 0 aliphatic carbocycles. The highest BCUT2D eigenvalue weighted by Gasteiger charge is 2.18. The van der Waals surface area contributed by atoms with Gasteiger partial charge in [-0.1, -0.05) is 28.1 Å². The van der Waals surface area contributed by atoms with Crippen molar-refractivity contribution in [2.75, 3.05) is 0 Å². The van der Waals surface area contributed by atoms with Crippen molar-refractivity contribution in [2.45, 2.75) is 26.4 Å². The van der Waals surface area contributed by atoms with E-state index in [0.29, 0.717) is 5.56 Å². The summed E-state index contributed by atoms with van der Waals surface area (Å²) in [6.07, 6.45) is 0. The molecule has 0 saturated heterocycles. The van der Waals surface area contributed by atoms with Crippen molar-refractivity contribution in [1.29, 1.82) is 0 Å². The summed E-state index contributed by atoms with van der Waals surface area (Å²) in [5, 5.41) is 0. The van der Waals surface area contributed by atoms with Gasteiger partial charge in [-0.3, -0.25) is 0 Å². The van der Waals surface area contributed by atoms with E-state index >= 15 is 0 Å². The second-order valence-electron chi connectivity index (χ2n) is 3.44. The molecule has 0 amide bonds. The first-order valence-electron chi connectivity index (χ1n) is 3.87. The zero-order chi connectivity index (χ0) is 9.35. The second-order valence-corrected chi connectivity index (χ2v) is 4.29. The molecule has 1 aromatic rings. The zero-order valence-corrected chi connectivity index (χ0v) is 9.07. The Morgan fingerprint density at radius 2 is 1.92 bits per heavy atom. The van der Waals surface area contributed by atoms with Crippen LogP contribution in [-0.4, -0.2) is 0 Å². The van der Waals surface area contributed by atoms with Crippen molar-refractivity contribution in [2.24, 2.45) is 0 Å². The van der Waals surface area contributed by atoms with Crippen molar-refractivity contribution in [3.8, 4) is 0 Å². The SMILES string of the molecule is Cc1ccc(C(C)(C)F)cc1Br. The summed E-state index contributed by atoms with van der Waals surface area (Å²) in [7, 11) is 0. The van der Waals surface area contributed by atoms with Gasteiger partial charge in [-0.05, 0) is 38.0 Å². The molecule has 0 bridgehead atoms. The largest absolute Gasteiger partial charge is 0.239 e. The summed E-state index contributed by atoms with van der Waals surface area (Å²) >= 11 is 3.37. The Morgan fingerprint density at radius 3 is 2.33 bits per heavy atom. The van der Waals surface area contributed by atoms with E-state index < -0.39 is 5.67 Å².